The van der Waals surface area contributed by atoms with Crippen molar-refractivity contribution in [3.8, 4) is 0 Å². The van der Waals surface area contributed by atoms with Crippen LogP contribution in [0.15, 0.2) is 130 Å². The maximum atomic E-state index is 2.42. The van der Waals surface area contributed by atoms with Gasteiger partial charge in [0.1, 0.15) is 0 Å². The maximum Gasteiger partial charge on any atom is -0.0285 e. The monoisotopic (exact) mass is 540 g/mol. The van der Waals surface area contributed by atoms with Crippen LogP contribution < -0.4 is 0 Å². The van der Waals surface area contributed by atoms with Crippen LogP contribution in [0.5, 0.6) is 0 Å². The van der Waals surface area contributed by atoms with Gasteiger partial charge >= 0.3 is 0 Å². The molecule has 0 unspecified atom stereocenters. The first-order chi connectivity index (χ1) is 19.0. The lowest BCUT2D eigenvalue weighted by Gasteiger charge is -2.05. The molecule has 0 aliphatic rings. The Bertz CT molecular complexity index is 1040. The van der Waals surface area contributed by atoms with Crippen LogP contribution in [0.3, 0.4) is 0 Å². The molecule has 0 aromatic carbocycles. The molecule has 0 aliphatic carbocycles. The van der Waals surface area contributed by atoms with Crippen LogP contribution in [-0.2, 0) is 0 Å². The highest BCUT2D eigenvalue weighted by Gasteiger charge is 1.96. The predicted octanol–water partition coefficient (Wildman–Crippen LogP) is 13.2. The van der Waals surface area contributed by atoms with Crippen LogP contribution in [0.4, 0.5) is 0 Å². The van der Waals surface area contributed by atoms with Crippen LogP contribution in [0.2, 0.25) is 0 Å². The van der Waals surface area contributed by atoms with Crippen molar-refractivity contribution in [2.24, 2.45) is 5.92 Å². The third-order valence-corrected chi connectivity index (χ3v) is 6.50. The molecule has 0 aromatic rings. The van der Waals surface area contributed by atoms with E-state index in [4.69, 9.17) is 0 Å². The normalized spacial score (nSPS) is 15.2. The van der Waals surface area contributed by atoms with Gasteiger partial charge in [0.2, 0.25) is 0 Å². The smallest absolute Gasteiger partial charge is 0.0285 e. The molecule has 0 aromatic heterocycles. The van der Waals surface area contributed by atoms with E-state index in [0.717, 1.165) is 31.6 Å². The average molecular weight is 541 g/mol. The molecule has 0 saturated heterocycles. The highest BCUT2D eigenvalue weighted by Crippen LogP contribution is 2.14. The average Bonchev–Trinajstić information content (AvgIpc) is 2.86. The van der Waals surface area contributed by atoms with Crippen LogP contribution in [0.25, 0.3) is 0 Å². The number of rotatable bonds is 18. The molecule has 0 aliphatic heterocycles. The first-order valence-corrected chi connectivity index (χ1v) is 15.3. The van der Waals surface area contributed by atoms with Gasteiger partial charge in [0.25, 0.3) is 0 Å². The largest absolute Gasteiger partial charge is 0.0856 e. The highest BCUT2D eigenvalue weighted by atomic mass is 14.0. The van der Waals surface area contributed by atoms with Crippen molar-refractivity contribution >= 4 is 0 Å². The lowest BCUT2D eigenvalue weighted by Crippen LogP contribution is -1.87. The fourth-order valence-electron chi connectivity index (χ4n) is 3.85. The molecule has 0 nitrogen and oxygen atoms in total. The fourth-order valence-corrected chi connectivity index (χ4v) is 3.85. The second-order valence-corrected chi connectivity index (χ2v) is 11.9. The zero-order chi connectivity index (χ0) is 30.2. The summed E-state index contributed by atoms with van der Waals surface area (Å²) < 4.78 is 0. The highest BCUT2D eigenvalue weighted by molar-refractivity contribution is 5.31. The predicted molar refractivity (Wildman–Crippen MR) is 186 cm³/mol. The molecule has 0 radical (unpaired) electrons. The van der Waals surface area contributed by atoms with Gasteiger partial charge in [-0.2, -0.15) is 0 Å². The van der Waals surface area contributed by atoms with Crippen molar-refractivity contribution in [1.82, 2.24) is 0 Å². The van der Waals surface area contributed by atoms with Gasteiger partial charge < -0.3 is 0 Å². The van der Waals surface area contributed by atoms with E-state index in [1.54, 1.807) is 0 Å². The standard InChI is InChI=1S/C40H60/c1-33(2)19-13-23-37(7)27-17-31-39(9)29-15-25-35(5)21-11-12-22-36(6)26-16-30-40(10)32-18-28-38(8)24-14-20-34(3)4/h11-12,15-17,19,21-22,25-31,34H,13-14,18,20,23-24,32H2,1-10H3/b12-11-,25-15+,26-16+,31-17+,35-21+,36-22+,37-27+,38-28+,39-29+,40-30+. The Morgan fingerprint density at radius 1 is 0.475 bits per heavy atom. The maximum absolute atomic E-state index is 2.42. The van der Waals surface area contributed by atoms with Crippen molar-refractivity contribution in [1.29, 1.82) is 0 Å². The van der Waals surface area contributed by atoms with Crippen LogP contribution in [0, 0.1) is 5.92 Å². The molecule has 0 N–H and O–H groups in total. The molecule has 220 valence electrons. The molecule has 0 rings (SSSR count). The van der Waals surface area contributed by atoms with Gasteiger partial charge in [-0.25, -0.2) is 0 Å². The van der Waals surface area contributed by atoms with Crippen molar-refractivity contribution in [2.45, 2.75) is 114 Å². The second kappa shape index (κ2) is 24.0. The molecule has 40 heavy (non-hydrogen) atoms. The first-order valence-electron chi connectivity index (χ1n) is 15.3. The summed E-state index contributed by atoms with van der Waals surface area (Å²) in [6.45, 7) is 22.0. The second-order valence-electron chi connectivity index (χ2n) is 11.9. The molecule has 0 spiro atoms. The zero-order valence-corrected chi connectivity index (χ0v) is 27.7. The molecule has 0 heteroatoms. The van der Waals surface area contributed by atoms with Gasteiger partial charge in [-0.1, -0.05) is 150 Å². The molecular weight excluding hydrogens is 480 g/mol. The van der Waals surface area contributed by atoms with E-state index >= 15 is 0 Å². The molecular formula is C40H60. The summed E-state index contributed by atoms with van der Waals surface area (Å²) in [6.07, 6.45) is 41.2. The van der Waals surface area contributed by atoms with Crippen LogP contribution >= 0.6 is 0 Å². The quantitative estimate of drug-likeness (QED) is 0.120. The Labute approximate surface area is 249 Å². The summed E-state index contributed by atoms with van der Waals surface area (Å²) >= 11 is 0. The van der Waals surface area contributed by atoms with E-state index in [2.05, 4.69) is 160 Å². The van der Waals surface area contributed by atoms with E-state index in [9.17, 15) is 0 Å². The summed E-state index contributed by atoms with van der Waals surface area (Å²) in [5.74, 6) is 0.811. The van der Waals surface area contributed by atoms with E-state index in [0.29, 0.717) is 0 Å². The molecule has 0 heterocycles. The van der Waals surface area contributed by atoms with Gasteiger partial charge in [0.05, 0.1) is 0 Å². The van der Waals surface area contributed by atoms with E-state index in [-0.39, 0.29) is 0 Å². The van der Waals surface area contributed by atoms with Crippen molar-refractivity contribution < 1.29 is 0 Å². The molecule has 0 fully saturated rings. The Morgan fingerprint density at radius 3 is 1.35 bits per heavy atom. The molecule has 0 amide bonds. The summed E-state index contributed by atoms with van der Waals surface area (Å²) in [4.78, 5) is 0. The Hall–Kier alpha value is -2.86. The molecule has 0 atom stereocenters. The number of hydrogen-bond acceptors (Lipinski definition) is 0. The summed E-state index contributed by atoms with van der Waals surface area (Å²) in [5.41, 5.74) is 9.48. The van der Waals surface area contributed by atoms with Gasteiger partial charge in [0, 0.05) is 0 Å². The minimum absolute atomic E-state index is 0.811. The van der Waals surface area contributed by atoms with Crippen molar-refractivity contribution in [3.63, 3.8) is 0 Å². The topological polar surface area (TPSA) is 0 Å². The third-order valence-electron chi connectivity index (χ3n) is 6.50. The van der Waals surface area contributed by atoms with Crippen molar-refractivity contribution in [3.05, 3.63) is 130 Å². The molecule has 0 saturated carbocycles. The minimum atomic E-state index is 0.811. The zero-order valence-electron chi connectivity index (χ0n) is 27.7. The third kappa shape index (κ3) is 25.4. The van der Waals surface area contributed by atoms with Gasteiger partial charge in [0.15, 0.2) is 0 Å². The number of hydrogen-bond donors (Lipinski definition) is 0. The van der Waals surface area contributed by atoms with E-state index in [1.807, 2.05) is 0 Å². The summed E-state index contributed by atoms with van der Waals surface area (Å²) in [5, 5.41) is 0. The summed E-state index contributed by atoms with van der Waals surface area (Å²) in [7, 11) is 0. The first kappa shape index (κ1) is 37.1. The Balaban J connectivity index is 4.58. The Kier molecular flexibility index (Phi) is 22.3. The van der Waals surface area contributed by atoms with E-state index < -0.39 is 0 Å². The van der Waals surface area contributed by atoms with Gasteiger partial charge in [-0.3, -0.25) is 0 Å². The van der Waals surface area contributed by atoms with E-state index in [1.165, 1.54) is 58.3 Å². The van der Waals surface area contributed by atoms with Gasteiger partial charge in [-0.15, -0.1) is 0 Å². The lowest BCUT2D eigenvalue weighted by molar-refractivity contribution is 0.554. The minimum Gasteiger partial charge on any atom is -0.0856 e. The SMILES string of the molecule is CC(C)=CCC/C(C)=C/C=C/C(C)=C/C=C/C(C)=C/C=C\C=C(C)\C=C\C=C(/C)CC/C=C(\C)CCCC(C)C. The van der Waals surface area contributed by atoms with Crippen LogP contribution in [0.1, 0.15) is 114 Å². The lowest BCUT2D eigenvalue weighted by atomic mass is 10.0. The van der Waals surface area contributed by atoms with Crippen molar-refractivity contribution in [2.75, 3.05) is 0 Å². The van der Waals surface area contributed by atoms with Crippen LogP contribution in [-0.4, -0.2) is 0 Å². The van der Waals surface area contributed by atoms with Gasteiger partial charge in [-0.05, 0) is 99.8 Å². The number of allylic oxidation sites excluding steroid dienone is 22. The fraction of sp³-hybridized carbons (Fsp3) is 0.450. The Morgan fingerprint density at radius 2 is 0.900 bits per heavy atom. The molecule has 0 bridgehead atoms. The summed E-state index contributed by atoms with van der Waals surface area (Å²) in [6, 6.07) is 0.